The van der Waals surface area contributed by atoms with Gasteiger partial charge in [0.1, 0.15) is 0 Å². The van der Waals surface area contributed by atoms with E-state index in [9.17, 15) is 9.59 Å². The molecule has 0 atom stereocenters. The summed E-state index contributed by atoms with van der Waals surface area (Å²) in [5, 5.41) is 9.05. The second-order valence-electron chi connectivity index (χ2n) is 5.12. The van der Waals surface area contributed by atoms with Crippen LogP contribution in [0.3, 0.4) is 0 Å². The molecule has 21 heavy (non-hydrogen) atoms. The predicted molar refractivity (Wildman–Crippen MR) is 79.8 cm³/mol. The molecule has 0 saturated heterocycles. The van der Waals surface area contributed by atoms with E-state index in [0.29, 0.717) is 19.5 Å². The Morgan fingerprint density at radius 2 is 1.95 bits per heavy atom. The molecule has 1 aliphatic heterocycles. The first kappa shape index (κ1) is 13.4. The van der Waals surface area contributed by atoms with E-state index in [1.165, 1.54) is 0 Å². The lowest BCUT2D eigenvalue weighted by Gasteiger charge is -2.30. The molecule has 106 valence electrons. The molecule has 0 bridgehead atoms. The average molecular weight is 281 g/mol. The lowest BCUT2D eigenvalue weighted by Crippen LogP contribution is -2.31. The minimum atomic E-state index is -0.925. The lowest BCUT2D eigenvalue weighted by molar-refractivity contribution is 0.0696. The van der Waals surface area contributed by atoms with Gasteiger partial charge in [0, 0.05) is 30.8 Å². The second-order valence-corrected chi connectivity index (χ2v) is 5.12. The number of hydrogen-bond donors (Lipinski definition) is 1. The number of rotatable bonds is 3. The summed E-state index contributed by atoms with van der Waals surface area (Å²) in [6, 6.07) is 14.5. The van der Waals surface area contributed by atoms with E-state index in [4.69, 9.17) is 5.11 Å². The van der Waals surface area contributed by atoms with Gasteiger partial charge in [-0.05, 0) is 29.8 Å². The Morgan fingerprint density at radius 3 is 2.76 bits per heavy atom. The molecule has 2 aromatic carbocycles. The highest BCUT2D eigenvalue weighted by atomic mass is 16.4. The third-order valence-electron chi connectivity index (χ3n) is 3.70. The Bertz CT molecular complexity index is 709. The van der Waals surface area contributed by atoms with Crippen molar-refractivity contribution in [2.75, 3.05) is 11.4 Å². The summed E-state index contributed by atoms with van der Waals surface area (Å²) in [6.45, 7) is 1.26. The number of para-hydroxylation sites is 1. The molecular weight excluding hydrogens is 266 g/mol. The van der Waals surface area contributed by atoms with Gasteiger partial charge in [0.25, 0.3) is 0 Å². The Balaban J connectivity index is 1.89. The van der Waals surface area contributed by atoms with E-state index < -0.39 is 5.97 Å². The number of carbonyl (C=O) groups excluding carboxylic acids is 1. The summed E-state index contributed by atoms with van der Waals surface area (Å²) in [5.74, 6) is -0.757. The average Bonchev–Trinajstić information content (AvgIpc) is 2.51. The summed E-state index contributed by atoms with van der Waals surface area (Å²) in [4.78, 5) is 25.1. The van der Waals surface area contributed by atoms with Crippen LogP contribution in [0.15, 0.2) is 48.5 Å². The predicted octanol–water partition coefficient (Wildman–Crippen LogP) is 2.98. The van der Waals surface area contributed by atoms with Crippen molar-refractivity contribution in [2.45, 2.75) is 13.0 Å². The normalized spacial score (nSPS) is 13.9. The third-order valence-corrected chi connectivity index (χ3v) is 3.70. The van der Waals surface area contributed by atoms with Crippen LogP contribution in [0, 0.1) is 0 Å². The number of carbonyl (C=O) groups is 2. The molecule has 4 heteroatoms. The maximum atomic E-state index is 11.9. The quantitative estimate of drug-likeness (QED) is 0.939. The summed E-state index contributed by atoms with van der Waals surface area (Å²) in [7, 11) is 0. The molecule has 0 saturated carbocycles. The van der Waals surface area contributed by atoms with E-state index >= 15 is 0 Å². The number of Topliss-reactive ketones (excluding diaryl/α,β-unsaturated/α-hetero) is 1. The summed E-state index contributed by atoms with van der Waals surface area (Å²) in [5.41, 5.74) is 2.89. The minimum absolute atomic E-state index is 0.168. The van der Waals surface area contributed by atoms with Gasteiger partial charge in [0.2, 0.25) is 0 Å². The molecule has 2 aromatic rings. The van der Waals surface area contributed by atoms with Crippen molar-refractivity contribution in [3.63, 3.8) is 0 Å². The number of hydrogen-bond acceptors (Lipinski definition) is 3. The van der Waals surface area contributed by atoms with Crippen molar-refractivity contribution >= 4 is 17.4 Å². The Morgan fingerprint density at radius 1 is 1.14 bits per heavy atom. The topological polar surface area (TPSA) is 57.6 Å². The van der Waals surface area contributed by atoms with Crippen molar-refractivity contribution in [3.05, 3.63) is 65.2 Å². The zero-order valence-corrected chi connectivity index (χ0v) is 11.5. The van der Waals surface area contributed by atoms with Gasteiger partial charge in [-0.1, -0.05) is 24.3 Å². The first-order valence-electron chi connectivity index (χ1n) is 6.84. The smallest absolute Gasteiger partial charge is 0.335 e. The monoisotopic (exact) mass is 281 g/mol. The Hall–Kier alpha value is -2.62. The zero-order chi connectivity index (χ0) is 14.8. The molecule has 0 unspecified atom stereocenters. The van der Waals surface area contributed by atoms with Gasteiger partial charge in [-0.3, -0.25) is 4.79 Å². The molecule has 1 N–H and O–H groups in total. The molecule has 0 fully saturated rings. The Kier molecular flexibility index (Phi) is 3.44. The second kappa shape index (κ2) is 5.40. The number of ketones is 1. The summed E-state index contributed by atoms with van der Waals surface area (Å²) < 4.78 is 0. The van der Waals surface area contributed by atoms with Crippen LogP contribution in [0.4, 0.5) is 5.69 Å². The molecule has 1 heterocycles. The van der Waals surface area contributed by atoms with E-state index in [-0.39, 0.29) is 11.3 Å². The molecule has 0 spiro atoms. The number of nitrogens with zero attached hydrogens (tertiary/aromatic N) is 1. The van der Waals surface area contributed by atoms with Crippen LogP contribution >= 0.6 is 0 Å². The van der Waals surface area contributed by atoms with Crippen molar-refractivity contribution in [3.8, 4) is 0 Å². The van der Waals surface area contributed by atoms with Crippen molar-refractivity contribution in [2.24, 2.45) is 0 Å². The number of benzene rings is 2. The van der Waals surface area contributed by atoms with Gasteiger partial charge in [-0.2, -0.15) is 0 Å². The maximum absolute atomic E-state index is 11.9. The van der Waals surface area contributed by atoms with Crippen LogP contribution in [0.1, 0.15) is 32.7 Å². The lowest BCUT2D eigenvalue weighted by atomic mass is 9.99. The van der Waals surface area contributed by atoms with Crippen LogP contribution in [0.5, 0.6) is 0 Å². The van der Waals surface area contributed by atoms with E-state index in [0.717, 1.165) is 16.8 Å². The number of anilines is 1. The standard InChI is InChI=1S/C17H15NO3/c19-16-8-9-18(15-7-2-1-6-14(15)16)11-12-4-3-5-13(10-12)17(20)21/h1-7,10H,8-9,11H2,(H,20,21). The molecule has 3 rings (SSSR count). The number of aromatic carboxylic acids is 1. The SMILES string of the molecule is O=C(O)c1cccc(CN2CCC(=O)c3ccccc32)c1. The van der Waals surface area contributed by atoms with Crippen molar-refractivity contribution < 1.29 is 14.7 Å². The van der Waals surface area contributed by atoms with Crippen LogP contribution in [0.25, 0.3) is 0 Å². The van der Waals surface area contributed by atoms with Crippen molar-refractivity contribution in [1.82, 2.24) is 0 Å². The molecule has 0 aromatic heterocycles. The summed E-state index contributed by atoms with van der Waals surface area (Å²) in [6.07, 6.45) is 0.496. The van der Waals surface area contributed by atoms with Gasteiger partial charge in [0.15, 0.2) is 5.78 Å². The molecule has 1 aliphatic rings. The number of fused-ring (bicyclic) bond motifs is 1. The fourth-order valence-corrected chi connectivity index (χ4v) is 2.66. The summed E-state index contributed by atoms with van der Waals surface area (Å²) >= 11 is 0. The highest BCUT2D eigenvalue weighted by molar-refractivity contribution is 6.03. The first-order valence-corrected chi connectivity index (χ1v) is 6.84. The highest BCUT2D eigenvalue weighted by Gasteiger charge is 2.22. The largest absolute Gasteiger partial charge is 0.478 e. The molecule has 0 radical (unpaired) electrons. The molecule has 4 nitrogen and oxygen atoms in total. The fourth-order valence-electron chi connectivity index (χ4n) is 2.66. The van der Waals surface area contributed by atoms with Gasteiger partial charge >= 0.3 is 5.97 Å². The highest BCUT2D eigenvalue weighted by Crippen LogP contribution is 2.28. The van der Waals surface area contributed by atoms with Crippen LogP contribution in [-0.4, -0.2) is 23.4 Å². The van der Waals surface area contributed by atoms with E-state index in [1.807, 2.05) is 30.3 Å². The van der Waals surface area contributed by atoms with Gasteiger partial charge in [-0.25, -0.2) is 4.79 Å². The van der Waals surface area contributed by atoms with Gasteiger partial charge in [-0.15, -0.1) is 0 Å². The molecule has 0 amide bonds. The van der Waals surface area contributed by atoms with Crippen LogP contribution in [-0.2, 0) is 6.54 Å². The van der Waals surface area contributed by atoms with Gasteiger partial charge in [0.05, 0.1) is 5.56 Å². The third kappa shape index (κ3) is 2.65. The Labute approximate surface area is 122 Å². The first-order chi connectivity index (χ1) is 10.1. The molecular formula is C17H15NO3. The minimum Gasteiger partial charge on any atom is -0.478 e. The van der Waals surface area contributed by atoms with Crippen LogP contribution < -0.4 is 4.90 Å². The van der Waals surface area contributed by atoms with E-state index in [2.05, 4.69) is 4.90 Å². The zero-order valence-electron chi connectivity index (χ0n) is 11.5. The van der Waals surface area contributed by atoms with Gasteiger partial charge < -0.3 is 10.0 Å². The number of carboxylic acids is 1. The van der Waals surface area contributed by atoms with E-state index in [1.54, 1.807) is 18.2 Å². The van der Waals surface area contributed by atoms with Crippen molar-refractivity contribution in [1.29, 1.82) is 0 Å². The molecule has 0 aliphatic carbocycles. The fraction of sp³-hybridized carbons (Fsp3) is 0.176. The van der Waals surface area contributed by atoms with Crippen LogP contribution in [0.2, 0.25) is 0 Å². The maximum Gasteiger partial charge on any atom is 0.335 e. The number of carboxylic acid groups (broad SMARTS) is 1.